The Morgan fingerprint density at radius 2 is 0.722 bits per heavy atom. The molecule has 0 aliphatic heterocycles. The molecule has 1 atom stereocenters. The van der Waals surface area contributed by atoms with Crippen molar-refractivity contribution < 1.29 is 28.6 Å². The van der Waals surface area contributed by atoms with E-state index in [2.05, 4.69) is 57.2 Å². The summed E-state index contributed by atoms with van der Waals surface area (Å²) in [5.74, 6) is -0.886. The van der Waals surface area contributed by atoms with Crippen LogP contribution in [0.5, 0.6) is 0 Å². The molecule has 314 valence electrons. The Hall–Kier alpha value is -2.37. The lowest BCUT2D eigenvalue weighted by Crippen LogP contribution is -2.30. The highest BCUT2D eigenvalue weighted by Crippen LogP contribution is 2.15. The molecule has 0 aromatic heterocycles. The van der Waals surface area contributed by atoms with Gasteiger partial charge in [-0.1, -0.05) is 198 Å². The van der Waals surface area contributed by atoms with Gasteiger partial charge in [0.2, 0.25) is 0 Å². The first kappa shape index (κ1) is 51.6. The maximum Gasteiger partial charge on any atom is 0.306 e. The second-order valence-electron chi connectivity index (χ2n) is 15.3. The van der Waals surface area contributed by atoms with Crippen molar-refractivity contribution in [3.63, 3.8) is 0 Å². The van der Waals surface area contributed by atoms with E-state index < -0.39 is 6.10 Å². The lowest BCUT2D eigenvalue weighted by Gasteiger charge is -2.18. The third-order valence-corrected chi connectivity index (χ3v) is 9.91. The van der Waals surface area contributed by atoms with E-state index in [0.717, 1.165) is 83.5 Å². The van der Waals surface area contributed by atoms with Crippen molar-refractivity contribution in [2.75, 3.05) is 13.2 Å². The van der Waals surface area contributed by atoms with Crippen LogP contribution in [-0.2, 0) is 28.6 Å². The summed E-state index contributed by atoms with van der Waals surface area (Å²) in [6.45, 7) is 6.47. The Balaban J connectivity index is 4.28. The lowest BCUT2D eigenvalue weighted by molar-refractivity contribution is -0.167. The third kappa shape index (κ3) is 40.8. The third-order valence-electron chi connectivity index (χ3n) is 9.91. The summed E-state index contributed by atoms with van der Waals surface area (Å²) in [5.41, 5.74) is 0. The van der Waals surface area contributed by atoms with Gasteiger partial charge in [-0.15, -0.1) is 0 Å². The molecule has 0 saturated carbocycles. The van der Waals surface area contributed by atoms with Crippen LogP contribution >= 0.6 is 0 Å². The molecule has 6 nitrogen and oxygen atoms in total. The molecule has 54 heavy (non-hydrogen) atoms. The highest BCUT2D eigenvalue weighted by Gasteiger charge is 2.19. The zero-order valence-corrected chi connectivity index (χ0v) is 35.7. The molecule has 6 heteroatoms. The van der Waals surface area contributed by atoms with E-state index in [1.165, 1.54) is 109 Å². The van der Waals surface area contributed by atoms with Crippen molar-refractivity contribution in [3.05, 3.63) is 36.5 Å². The number of hydrogen-bond acceptors (Lipinski definition) is 6. The number of rotatable bonds is 41. The van der Waals surface area contributed by atoms with E-state index in [0.29, 0.717) is 19.3 Å². The molecular formula is C48H86O6. The van der Waals surface area contributed by atoms with Crippen LogP contribution in [0.2, 0.25) is 0 Å². The summed E-state index contributed by atoms with van der Waals surface area (Å²) < 4.78 is 16.7. The van der Waals surface area contributed by atoms with Crippen molar-refractivity contribution in [3.8, 4) is 0 Å². The summed E-state index contributed by atoms with van der Waals surface area (Å²) in [5, 5.41) is 0. The predicted molar refractivity (Wildman–Crippen MR) is 229 cm³/mol. The monoisotopic (exact) mass is 759 g/mol. The molecule has 0 spiro atoms. The quantitative estimate of drug-likeness (QED) is 0.0267. The van der Waals surface area contributed by atoms with Crippen LogP contribution in [0.3, 0.4) is 0 Å². The van der Waals surface area contributed by atoms with Gasteiger partial charge in [-0.3, -0.25) is 14.4 Å². The minimum atomic E-state index is -0.768. The van der Waals surface area contributed by atoms with Gasteiger partial charge in [-0.2, -0.15) is 0 Å². The smallest absolute Gasteiger partial charge is 0.306 e. The first-order chi connectivity index (χ1) is 26.5. The normalized spacial score (nSPS) is 12.3. The molecule has 0 aliphatic rings. The Kier molecular flexibility index (Phi) is 41.5. The highest BCUT2D eigenvalue weighted by molar-refractivity contribution is 5.71. The van der Waals surface area contributed by atoms with Gasteiger partial charge in [0.25, 0.3) is 0 Å². The Labute approximate surface area is 334 Å². The topological polar surface area (TPSA) is 78.9 Å². The average Bonchev–Trinajstić information content (AvgIpc) is 3.17. The van der Waals surface area contributed by atoms with E-state index in [1.807, 2.05) is 0 Å². The fourth-order valence-electron chi connectivity index (χ4n) is 6.46. The maximum atomic E-state index is 12.7. The molecule has 0 heterocycles. The standard InChI is InChI=1S/C48H86O6/c1-4-7-10-13-16-18-20-22-23-24-25-26-28-29-32-35-38-41-47(50)53-44-45(43-52-46(49)40-37-34-31-15-12-9-6-3)54-48(51)42-39-36-33-30-27-21-19-17-14-11-8-5-2/h7,10,16,18,22-23,45H,4-6,8-9,11-15,17,19-21,24-44H2,1-3H3/b10-7-,18-16-,23-22-. The van der Waals surface area contributed by atoms with Crippen LogP contribution < -0.4 is 0 Å². The minimum Gasteiger partial charge on any atom is -0.462 e. The number of carbonyl (C=O) groups excluding carboxylic acids is 3. The average molecular weight is 759 g/mol. The molecule has 0 aliphatic carbocycles. The summed E-state index contributed by atoms with van der Waals surface area (Å²) >= 11 is 0. The molecule has 0 fully saturated rings. The number of unbranched alkanes of at least 4 members (excludes halogenated alkanes) is 24. The molecule has 0 bridgehead atoms. The van der Waals surface area contributed by atoms with Crippen molar-refractivity contribution in [2.45, 2.75) is 239 Å². The van der Waals surface area contributed by atoms with Gasteiger partial charge >= 0.3 is 17.9 Å². The second kappa shape index (κ2) is 43.4. The van der Waals surface area contributed by atoms with Crippen LogP contribution in [0.4, 0.5) is 0 Å². The van der Waals surface area contributed by atoms with Crippen LogP contribution in [0, 0.1) is 0 Å². The summed E-state index contributed by atoms with van der Waals surface area (Å²) in [6.07, 6.45) is 48.5. The zero-order chi connectivity index (χ0) is 39.4. The highest BCUT2D eigenvalue weighted by atomic mass is 16.6. The molecule has 0 aromatic rings. The van der Waals surface area contributed by atoms with Crippen LogP contribution in [0.25, 0.3) is 0 Å². The molecular weight excluding hydrogens is 673 g/mol. The van der Waals surface area contributed by atoms with Crippen molar-refractivity contribution in [1.29, 1.82) is 0 Å². The van der Waals surface area contributed by atoms with E-state index in [4.69, 9.17) is 14.2 Å². The number of esters is 3. The molecule has 0 amide bonds. The van der Waals surface area contributed by atoms with E-state index in [1.54, 1.807) is 0 Å². The van der Waals surface area contributed by atoms with E-state index >= 15 is 0 Å². The number of allylic oxidation sites excluding steroid dienone is 6. The summed E-state index contributed by atoms with van der Waals surface area (Å²) in [4.78, 5) is 37.6. The molecule has 0 aromatic carbocycles. The van der Waals surface area contributed by atoms with Gasteiger partial charge < -0.3 is 14.2 Å². The molecule has 0 saturated heterocycles. The van der Waals surface area contributed by atoms with Gasteiger partial charge in [-0.05, 0) is 51.4 Å². The Morgan fingerprint density at radius 1 is 0.389 bits per heavy atom. The van der Waals surface area contributed by atoms with Gasteiger partial charge in [0.1, 0.15) is 13.2 Å². The fraction of sp³-hybridized carbons (Fsp3) is 0.812. The van der Waals surface area contributed by atoms with Gasteiger partial charge in [0.05, 0.1) is 0 Å². The van der Waals surface area contributed by atoms with Gasteiger partial charge in [0, 0.05) is 19.3 Å². The fourth-order valence-corrected chi connectivity index (χ4v) is 6.46. The molecule has 0 radical (unpaired) electrons. The van der Waals surface area contributed by atoms with E-state index in [9.17, 15) is 14.4 Å². The SMILES string of the molecule is CC/C=C\C/C=C\C/C=C\CCCCCCCCCC(=O)OCC(COC(=O)CCCCCCCCC)OC(=O)CCCCCCCCCCCCCC. The van der Waals surface area contributed by atoms with Crippen LogP contribution in [0.1, 0.15) is 233 Å². The van der Waals surface area contributed by atoms with Crippen molar-refractivity contribution in [1.82, 2.24) is 0 Å². The first-order valence-electron chi connectivity index (χ1n) is 23.0. The Bertz CT molecular complexity index is 922. The van der Waals surface area contributed by atoms with Gasteiger partial charge in [-0.25, -0.2) is 0 Å². The summed E-state index contributed by atoms with van der Waals surface area (Å²) in [7, 11) is 0. The number of carbonyl (C=O) groups is 3. The van der Waals surface area contributed by atoms with Crippen LogP contribution in [-0.4, -0.2) is 37.2 Å². The summed E-state index contributed by atoms with van der Waals surface area (Å²) in [6, 6.07) is 0. The molecule has 1 unspecified atom stereocenters. The van der Waals surface area contributed by atoms with Crippen LogP contribution in [0.15, 0.2) is 36.5 Å². The number of ether oxygens (including phenoxy) is 3. The van der Waals surface area contributed by atoms with Crippen molar-refractivity contribution >= 4 is 17.9 Å². The van der Waals surface area contributed by atoms with Gasteiger partial charge in [0.15, 0.2) is 6.10 Å². The number of hydrogen-bond donors (Lipinski definition) is 0. The first-order valence-corrected chi connectivity index (χ1v) is 23.0. The predicted octanol–water partition coefficient (Wildman–Crippen LogP) is 14.6. The molecule has 0 N–H and O–H groups in total. The van der Waals surface area contributed by atoms with Crippen molar-refractivity contribution in [2.24, 2.45) is 0 Å². The lowest BCUT2D eigenvalue weighted by atomic mass is 10.0. The molecule has 0 rings (SSSR count). The maximum absolute atomic E-state index is 12.7. The minimum absolute atomic E-state index is 0.0728. The second-order valence-corrected chi connectivity index (χ2v) is 15.3. The largest absolute Gasteiger partial charge is 0.462 e. The van der Waals surface area contributed by atoms with E-state index in [-0.39, 0.29) is 31.1 Å². The zero-order valence-electron chi connectivity index (χ0n) is 35.7. The Morgan fingerprint density at radius 3 is 1.13 bits per heavy atom.